The van der Waals surface area contributed by atoms with Crippen LogP contribution in [0.3, 0.4) is 0 Å². The lowest BCUT2D eigenvalue weighted by Crippen LogP contribution is -2.40. The molecule has 1 heterocycles. The number of nitrogens with one attached hydrogen (secondary N) is 1. The summed E-state index contributed by atoms with van der Waals surface area (Å²) in [5.41, 5.74) is 0.364. The third-order valence-electron chi connectivity index (χ3n) is 6.28. The number of benzene rings is 1. The molecule has 134 valence electrons. The first kappa shape index (κ1) is 16.3. The zero-order valence-electron chi connectivity index (χ0n) is 13.7. The molecule has 4 aliphatic carbocycles. The Morgan fingerprint density at radius 1 is 1.08 bits per heavy atom. The van der Waals surface area contributed by atoms with E-state index >= 15 is 0 Å². The van der Waals surface area contributed by atoms with Gasteiger partial charge in [0.2, 0.25) is 17.7 Å². The van der Waals surface area contributed by atoms with Crippen molar-refractivity contribution in [2.45, 2.75) is 6.42 Å². The zero-order valence-corrected chi connectivity index (χ0v) is 15.2. The highest BCUT2D eigenvalue weighted by molar-refractivity contribution is 6.44. The molecule has 5 aliphatic rings. The van der Waals surface area contributed by atoms with Crippen LogP contribution < -0.4 is 5.32 Å². The van der Waals surface area contributed by atoms with Crippen molar-refractivity contribution < 1.29 is 14.4 Å². The summed E-state index contributed by atoms with van der Waals surface area (Å²) in [6.07, 6.45) is 5.34. The van der Waals surface area contributed by atoms with E-state index in [4.69, 9.17) is 23.2 Å². The summed E-state index contributed by atoms with van der Waals surface area (Å²) in [5.74, 6) is -0.0606. The van der Waals surface area contributed by atoms with Crippen molar-refractivity contribution in [2.24, 2.45) is 35.5 Å². The molecule has 1 aromatic carbocycles. The fourth-order valence-corrected chi connectivity index (χ4v) is 5.46. The van der Waals surface area contributed by atoms with Gasteiger partial charge in [0, 0.05) is 0 Å². The van der Waals surface area contributed by atoms with Crippen molar-refractivity contribution in [1.29, 1.82) is 0 Å². The van der Waals surface area contributed by atoms with E-state index in [0.29, 0.717) is 22.5 Å². The molecule has 26 heavy (non-hydrogen) atoms. The molecule has 0 radical (unpaired) electrons. The number of anilines is 1. The first-order valence-electron chi connectivity index (χ1n) is 8.75. The van der Waals surface area contributed by atoms with Gasteiger partial charge in [-0.15, -0.1) is 0 Å². The van der Waals surface area contributed by atoms with E-state index in [-0.39, 0.29) is 47.1 Å². The van der Waals surface area contributed by atoms with Crippen LogP contribution in [-0.4, -0.2) is 29.2 Å². The molecule has 2 saturated carbocycles. The molecule has 1 N–H and O–H groups in total. The molecule has 1 aromatic rings. The summed E-state index contributed by atoms with van der Waals surface area (Å²) in [5, 5.41) is 3.20. The highest BCUT2D eigenvalue weighted by Crippen LogP contribution is 2.65. The Balaban J connectivity index is 1.34. The van der Waals surface area contributed by atoms with Gasteiger partial charge in [0.05, 0.1) is 27.6 Å². The second kappa shape index (κ2) is 5.57. The van der Waals surface area contributed by atoms with Crippen molar-refractivity contribution in [3.05, 3.63) is 40.4 Å². The molecule has 3 amide bonds. The van der Waals surface area contributed by atoms with E-state index in [1.165, 1.54) is 0 Å². The van der Waals surface area contributed by atoms with Crippen molar-refractivity contribution in [3.8, 4) is 0 Å². The smallest absolute Gasteiger partial charge is 0.244 e. The van der Waals surface area contributed by atoms with Crippen molar-refractivity contribution in [2.75, 3.05) is 11.9 Å². The fraction of sp³-hybridized carbons (Fsp3) is 0.421. The SMILES string of the molecule is O=C(CN1C(=O)[C@H]2[C@@H]3C=C[C@@H]([C@H]4C[C@H]34)[C@@H]2C1=O)Nc1cccc(Cl)c1Cl. The van der Waals surface area contributed by atoms with Gasteiger partial charge in [0.1, 0.15) is 6.54 Å². The molecular weight excluding hydrogens is 375 g/mol. The Morgan fingerprint density at radius 3 is 2.31 bits per heavy atom. The Labute approximate surface area is 160 Å². The monoisotopic (exact) mass is 390 g/mol. The average molecular weight is 391 g/mol. The van der Waals surface area contributed by atoms with Crippen molar-refractivity contribution in [3.63, 3.8) is 0 Å². The van der Waals surface area contributed by atoms with E-state index < -0.39 is 5.91 Å². The van der Waals surface area contributed by atoms with Crippen LogP contribution in [0.1, 0.15) is 6.42 Å². The minimum Gasteiger partial charge on any atom is -0.323 e. The quantitative estimate of drug-likeness (QED) is 0.637. The van der Waals surface area contributed by atoms with Gasteiger partial charge in [-0.1, -0.05) is 41.4 Å². The van der Waals surface area contributed by atoms with Gasteiger partial charge in [-0.3, -0.25) is 19.3 Å². The van der Waals surface area contributed by atoms with Crippen LogP contribution in [0.2, 0.25) is 10.0 Å². The molecule has 3 fully saturated rings. The van der Waals surface area contributed by atoms with Gasteiger partial charge < -0.3 is 5.32 Å². The molecule has 5 nitrogen and oxygen atoms in total. The van der Waals surface area contributed by atoms with E-state index in [0.717, 1.165) is 11.3 Å². The van der Waals surface area contributed by atoms with Crippen molar-refractivity contribution >= 4 is 46.6 Å². The molecule has 1 saturated heterocycles. The first-order valence-corrected chi connectivity index (χ1v) is 9.50. The standard InChI is InChI=1S/C19H16Cl2N2O3/c20-12-2-1-3-13(17(12)21)22-14(24)7-23-18(25)15-8-4-5-9(11-6-10(8)11)16(15)19(23)26/h1-5,8-11,15-16H,6-7H2,(H,22,24)/t8-,9+,10-,11-,15+,16+/m1/s1. The number of nitrogens with zero attached hydrogens (tertiary/aromatic N) is 1. The molecular formula is C19H16Cl2N2O3. The number of imide groups is 1. The zero-order chi connectivity index (χ0) is 18.2. The van der Waals surface area contributed by atoms with Crippen LogP contribution in [0.4, 0.5) is 5.69 Å². The predicted molar refractivity (Wildman–Crippen MR) is 96.5 cm³/mol. The molecule has 2 bridgehead atoms. The maximum Gasteiger partial charge on any atom is 0.244 e. The summed E-state index contributed by atoms with van der Waals surface area (Å²) in [7, 11) is 0. The lowest BCUT2D eigenvalue weighted by molar-refractivity contribution is -0.142. The number of hydrogen-bond acceptors (Lipinski definition) is 3. The molecule has 0 unspecified atom stereocenters. The normalized spacial score (nSPS) is 36.2. The number of amides is 3. The van der Waals surface area contributed by atoms with E-state index in [2.05, 4.69) is 17.5 Å². The van der Waals surface area contributed by atoms with Crippen LogP contribution in [0.5, 0.6) is 0 Å². The Bertz CT molecular complexity index is 848. The summed E-state index contributed by atoms with van der Waals surface area (Å²) in [6, 6.07) is 4.91. The number of carbonyl (C=O) groups is 3. The van der Waals surface area contributed by atoms with Gasteiger partial charge in [0.25, 0.3) is 0 Å². The first-order chi connectivity index (χ1) is 12.5. The highest BCUT2D eigenvalue weighted by atomic mass is 35.5. The third-order valence-corrected chi connectivity index (χ3v) is 7.10. The lowest BCUT2D eigenvalue weighted by atomic mass is 9.63. The number of rotatable bonds is 3. The van der Waals surface area contributed by atoms with Crippen LogP contribution in [0.15, 0.2) is 30.4 Å². The Kier molecular flexibility index (Phi) is 3.50. The number of allylic oxidation sites excluding steroid dienone is 2. The van der Waals surface area contributed by atoms with Gasteiger partial charge >= 0.3 is 0 Å². The third kappa shape index (κ3) is 2.20. The minimum atomic E-state index is -0.458. The Morgan fingerprint density at radius 2 is 1.69 bits per heavy atom. The summed E-state index contributed by atoms with van der Waals surface area (Å²) < 4.78 is 0. The van der Waals surface area contributed by atoms with Crippen LogP contribution >= 0.6 is 23.2 Å². The second-order valence-corrected chi connectivity index (χ2v) is 8.35. The maximum atomic E-state index is 12.9. The van der Waals surface area contributed by atoms with Gasteiger partial charge in [-0.05, 0) is 42.2 Å². The second-order valence-electron chi connectivity index (χ2n) is 7.57. The number of hydrogen-bond donors (Lipinski definition) is 1. The number of carbonyl (C=O) groups excluding carboxylic acids is 3. The maximum absolute atomic E-state index is 12.9. The largest absolute Gasteiger partial charge is 0.323 e. The lowest BCUT2D eigenvalue weighted by Gasteiger charge is -2.37. The predicted octanol–water partition coefficient (Wildman–Crippen LogP) is 2.99. The summed E-state index contributed by atoms with van der Waals surface area (Å²) in [4.78, 5) is 39.2. The molecule has 6 rings (SSSR count). The van der Waals surface area contributed by atoms with Crippen LogP contribution in [-0.2, 0) is 14.4 Å². The fourth-order valence-electron chi connectivity index (χ4n) is 5.11. The van der Waals surface area contributed by atoms with Gasteiger partial charge in [-0.2, -0.15) is 0 Å². The van der Waals surface area contributed by atoms with E-state index in [9.17, 15) is 14.4 Å². The van der Waals surface area contributed by atoms with E-state index in [1.54, 1.807) is 18.2 Å². The van der Waals surface area contributed by atoms with Crippen LogP contribution in [0, 0.1) is 35.5 Å². The average Bonchev–Trinajstić information content (AvgIpc) is 3.40. The molecule has 7 heteroatoms. The van der Waals surface area contributed by atoms with Crippen LogP contribution in [0.25, 0.3) is 0 Å². The number of likely N-dealkylation sites (tertiary alicyclic amines) is 1. The molecule has 1 aliphatic heterocycles. The molecule has 6 atom stereocenters. The Hall–Kier alpha value is -1.85. The summed E-state index contributed by atoms with van der Waals surface area (Å²) in [6.45, 7) is -0.289. The van der Waals surface area contributed by atoms with Crippen molar-refractivity contribution in [1.82, 2.24) is 4.90 Å². The highest BCUT2D eigenvalue weighted by Gasteiger charge is 2.67. The molecule has 0 spiro atoms. The van der Waals surface area contributed by atoms with Gasteiger partial charge in [-0.25, -0.2) is 0 Å². The number of halogens is 2. The molecule has 0 aromatic heterocycles. The summed E-state index contributed by atoms with van der Waals surface area (Å²) >= 11 is 12.0. The van der Waals surface area contributed by atoms with E-state index in [1.807, 2.05) is 0 Å². The topological polar surface area (TPSA) is 66.5 Å². The minimum absolute atomic E-state index is 0.155. The van der Waals surface area contributed by atoms with Gasteiger partial charge in [0.15, 0.2) is 0 Å².